The van der Waals surface area contributed by atoms with E-state index in [1.54, 1.807) is 45.9 Å². The van der Waals surface area contributed by atoms with Crippen molar-refractivity contribution in [3.63, 3.8) is 0 Å². The number of rotatable bonds is 3. The number of nitrogens with one attached hydrogen (secondary N) is 1. The largest absolute Gasteiger partial charge is 0.438 e. The number of aromatic nitrogens is 3. The number of halogens is 1. The minimum absolute atomic E-state index is 0.0831. The van der Waals surface area contributed by atoms with E-state index in [0.717, 1.165) is 4.73 Å². The molecule has 0 aliphatic rings. The summed E-state index contributed by atoms with van der Waals surface area (Å²) in [7, 11) is 0. The highest BCUT2D eigenvalue weighted by Crippen LogP contribution is 2.26. The molecule has 1 amide bonds. The number of oxazole rings is 1. The molecule has 0 saturated heterocycles. The molecule has 3 aromatic rings. The smallest absolute Gasteiger partial charge is 0.274 e. The van der Waals surface area contributed by atoms with Crippen LogP contribution < -0.4 is 5.32 Å². The Morgan fingerprint density at radius 1 is 1.33 bits per heavy atom. The van der Waals surface area contributed by atoms with Crippen LogP contribution in [0.5, 0.6) is 0 Å². The molecule has 0 spiro atoms. The summed E-state index contributed by atoms with van der Waals surface area (Å²) in [6.45, 7) is 6.79. The Bertz CT molecular complexity index is 942. The normalized spacial score (nSPS) is 11.9. The molecular weight excluding hydrogens is 332 g/mol. The molecule has 0 aliphatic heterocycles. The van der Waals surface area contributed by atoms with Crippen molar-refractivity contribution in [2.45, 2.75) is 33.2 Å². The van der Waals surface area contributed by atoms with Crippen LogP contribution in [0.1, 0.15) is 41.7 Å². The third-order valence-electron chi connectivity index (χ3n) is 3.72. The topological polar surface area (TPSA) is 93.2 Å². The number of hydrogen-bond acceptors (Lipinski definition) is 5. The first-order valence-corrected chi connectivity index (χ1v) is 7.71. The van der Waals surface area contributed by atoms with E-state index in [1.807, 2.05) is 0 Å². The molecule has 2 N–H and O–H groups in total. The van der Waals surface area contributed by atoms with Gasteiger partial charge in [-0.25, -0.2) is 9.97 Å². The van der Waals surface area contributed by atoms with Gasteiger partial charge in [0.05, 0.1) is 5.69 Å². The van der Waals surface area contributed by atoms with Gasteiger partial charge in [-0.1, -0.05) is 11.6 Å². The molecule has 1 aromatic carbocycles. The molecule has 0 bridgehead atoms. The zero-order valence-corrected chi connectivity index (χ0v) is 14.5. The molecule has 7 nitrogen and oxygen atoms in total. The van der Waals surface area contributed by atoms with Crippen LogP contribution in [0.3, 0.4) is 0 Å². The third kappa shape index (κ3) is 2.71. The molecule has 8 heteroatoms. The summed E-state index contributed by atoms with van der Waals surface area (Å²) in [5, 5.41) is 13.3. The quantitative estimate of drug-likeness (QED) is 0.709. The molecule has 126 valence electrons. The van der Waals surface area contributed by atoms with Crippen LogP contribution in [0.25, 0.3) is 11.1 Å². The van der Waals surface area contributed by atoms with Gasteiger partial charge in [0.2, 0.25) is 5.89 Å². The summed E-state index contributed by atoms with van der Waals surface area (Å²) in [6.07, 6.45) is 0. The van der Waals surface area contributed by atoms with Crippen LogP contribution in [0, 0.1) is 13.8 Å². The molecule has 0 saturated carbocycles. The molecule has 2 aromatic heterocycles. The highest BCUT2D eigenvalue weighted by molar-refractivity contribution is 6.31. The van der Waals surface area contributed by atoms with Crippen LogP contribution in [-0.4, -0.2) is 25.8 Å². The fourth-order valence-electron chi connectivity index (χ4n) is 2.48. The minimum atomic E-state index is -0.896. The SMILES string of the molecule is Cc1nc(C)n(O)c1C(=O)NC(C)(C)c1nc2cc(Cl)ccc2o1. The molecular formula is C16H17ClN4O3. The molecule has 3 rings (SSSR count). The van der Waals surface area contributed by atoms with E-state index in [4.69, 9.17) is 16.0 Å². The van der Waals surface area contributed by atoms with Gasteiger partial charge in [-0.2, -0.15) is 4.73 Å². The maximum absolute atomic E-state index is 12.5. The average molecular weight is 349 g/mol. The zero-order valence-electron chi connectivity index (χ0n) is 13.7. The second-order valence-corrected chi connectivity index (χ2v) is 6.55. The number of fused-ring (bicyclic) bond motifs is 1. The summed E-state index contributed by atoms with van der Waals surface area (Å²) in [6, 6.07) is 5.13. The maximum atomic E-state index is 12.5. The summed E-state index contributed by atoms with van der Waals surface area (Å²) >= 11 is 5.95. The van der Waals surface area contributed by atoms with Crippen LogP contribution in [0.15, 0.2) is 22.6 Å². The van der Waals surface area contributed by atoms with E-state index in [-0.39, 0.29) is 5.69 Å². The number of benzene rings is 1. The van der Waals surface area contributed by atoms with Gasteiger partial charge in [0.1, 0.15) is 16.9 Å². The average Bonchev–Trinajstić information content (AvgIpc) is 3.00. The van der Waals surface area contributed by atoms with Crippen LogP contribution in [0.4, 0.5) is 0 Å². The molecule has 0 aliphatic carbocycles. The van der Waals surface area contributed by atoms with Crippen molar-refractivity contribution in [3.8, 4) is 0 Å². The lowest BCUT2D eigenvalue weighted by atomic mass is 10.1. The van der Waals surface area contributed by atoms with Gasteiger partial charge >= 0.3 is 0 Å². The second-order valence-electron chi connectivity index (χ2n) is 6.12. The van der Waals surface area contributed by atoms with Crippen molar-refractivity contribution in [2.75, 3.05) is 0 Å². The van der Waals surface area contributed by atoms with E-state index < -0.39 is 11.4 Å². The number of imidazole rings is 1. The van der Waals surface area contributed by atoms with E-state index in [9.17, 15) is 10.0 Å². The predicted octanol–water partition coefficient (Wildman–Crippen LogP) is 3.20. The summed E-state index contributed by atoms with van der Waals surface area (Å²) in [5.41, 5.74) is 0.815. The van der Waals surface area contributed by atoms with E-state index in [0.29, 0.717) is 33.5 Å². The van der Waals surface area contributed by atoms with Gasteiger partial charge in [0.15, 0.2) is 11.3 Å². The number of aryl methyl sites for hydroxylation is 2. The van der Waals surface area contributed by atoms with Gasteiger partial charge in [0.25, 0.3) is 5.91 Å². The molecule has 24 heavy (non-hydrogen) atoms. The lowest BCUT2D eigenvalue weighted by Gasteiger charge is -2.22. The van der Waals surface area contributed by atoms with Gasteiger partial charge < -0.3 is 14.9 Å². The monoisotopic (exact) mass is 348 g/mol. The van der Waals surface area contributed by atoms with E-state index in [1.165, 1.54) is 0 Å². The van der Waals surface area contributed by atoms with Crippen molar-refractivity contribution >= 4 is 28.6 Å². The maximum Gasteiger partial charge on any atom is 0.274 e. The van der Waals surface area contributed by atoms with Crippen LogP contribution in [-0.2, 0) is 5.54 Å². The molecule has 2 heterocycles. The highest BCUT2D eigenvalue weighted by atomic mass is 35.5. The second kappa shape index (κ2) is 5.52. The Hall–Kier alpha value is -2.54. The minimum Gasteiger partial charge on any atom is -0.438 e. The van der Waals surface area contributed by atoms with Crippen molar-refractivity contribution in [1.29, 1.82) is 0 Å². The van der Waals surface area contributed by atoms with Crippen LogP contribution in [0.2, 0.25) is 5.02 Å². The van der Waals surface area contributed by atoms with Gasteiger partial charge in [-0.15, -0.1) is 0 Å². The Morgan fingerprint density at radius 2 is 2.04 bits per heavy atom. The van der Waals surface area contributed by atoms with Gasteiger partial charge in [0, 0.05) is 5.02 Å². The number of carbonyl (C=O) groups is 1. The highest BCUT2D eigenvalue weighted by Gasteiger charge is 2.31. The van der Waals surface area contributed by atoms with E-state index in [2.05, 4.69) is 15.3 Å². The van der Waals surface area contributed by atoms with Crippen molar-refractivity contribution in [3.05, 3.63) is 46.3 Å². The molecule has 0 unspecified atom stereocenters. The fourth-order valence-corrected chi connectivity index (χ4v) is 2.65. The lowest BCUT2D eigenvalue weighted by Crippen LogP contribution is -2.42. The Morgan fingerprint density at radius 3 is 2.67 bits per heavy atom. The summed E-state index contributed by atoms with van der Waals surface area (Å²) in [5.74, 6) is 0.208. The standard InChI is InChI=1S/C16H17ClN4O3/c1-8-13(21(23)9(2)18-8)14(22)20-16(3,4)15-19-11-7-10(17)5-6-12(11)24-15/h5-7,23H,1-4H3,(H,20,22). The van der Waals surface area contributed by atoms with Gasteiger partial charge in [-0.05, 0) is 45.9 Å². The summed E-state index contributed by atoms with van der Waals surface area (Å²) < 4.78 is 6.49. The number of carbonyl (C=O) groups excluding carboxylic acids is 1. The van der Waals surface area contributed by atoms with Crippen molar-refractivity contribution < 1.29 is 14.4 Å². The van der Waals surface area contributed by atoms with Crippen molar-refractivity contribution in [1.82, 2.24) is 20.0 Å². The molecule has 0 atom stereocenters. The summed E-state index contributed by atoms with van der Waals surface area (Å²) in [4.78, 5) is 21.0. The van der Waals surface area contributed by atoms with E-state index >= 15 is 0 Å². The molecule has 0 radical (unpaired) electrons. The first kappa shape index (κ1) is 16.3. The van der Waals surface area contributed by atoms with Crippen LogP contribution >= 0.6 is 11.6 Å². The Labute approximate surface area is 143 Å². The number of amides is 1. The lowest BCUT2D eigenvalue weighted by molar-refractivity contribution is 0.0844. The molecule has 0 fully saturated rings. The Balaban J connectivity index is 1.93. The third-order valence-corrected chi connectivity index (χ3v) is 3.95. The van der Waals surface area contributed by atoms with Gasteiger partial charge in [-0.3, -0.25) is 4.79 Å². The fraction of sp³-hybridized carbons (Fsp3) is 0.312. The number of hydrogen-bond donors (Lipinski definition) is 2. The zero-order chi connectivity index (χ0) is 17.6. The Kier molecular flexibility index (Phi) is 3.76. The first-order valence-electron chi connectivity index (χ1n) is 7.33. The van der Waals surface area contributed by atoms with Crippen molar-refractivity contribution in [2.24, 2.45) is 0 Å². The number of nitrogens with zero attached hydrogens (tertiary/aromatic N) is 3. The predicted molar refractivity (Wildman–Crippen MR) is 88.4 cm³/mol. The first-order chi connectivity index (χ1) is 11.2.